The second-order valence-electron chi connectivity index (χ2n) is 3.08. The molecular weight excluding hydrogens is 156 g/mol. The molecule has 0 saturated carbocycles. The van der Waals surface area contributed by atoms with E-state index in [1.54, 1.807) is 0 Å². The van der Waals surface area contributed by atoms with E-state index in [0.29, 0.717) is 25.8 Å². The molecule has 0 aromatic rings. The van der Waals surface area contributed by atoms with Crippen molar-refractivity contribution < 1.29 is 9.59 Å². The van der Waals surface area contributed by atoms with E-state index in [1.165, 1.54) is 4.90 Å². The molecule has 0 aliphatic carbocycles. The number of hydrogen-bond acceptors (Lipinski definition) is 3. The fourth-order valence-electron chi connectivity index (χ4n) is 1.46. The van der Waals surface area contributed by atoms with Gasteiger partial charge in [0.25, 0.3) is 0 Å². The number of imide groups is 1. The predicted molar refractivity (Wildman–Crippen MR) is 44.2 cm³/mol. The fraction of sp³-hybridized carbons (Fsp3) is 0.750. The Kier molecular flexibility index (Phi) is 2.81. The summed E-state index contributed by atoms with van der Waals surface area (Å²) < 4.78 is 0. The van der Waals surface area contributed by atoms with Gasteiger partial charge < -0.3 is 5.73 Å². The van der Waals surface area contributed by atoms with Gasteiger partial charge in [0.2, 0.25) is 11.8 Å². The van der Waals surface area contributed by atoms with E-state index in [0.717, 1.165) is 0 Å². The third kappa shape index (κ3) is 1.64. The zero-order chi connectivity index (χ0) is 9.14. The minimum absolute atomic E-state index is 0.0301. The number of carbonyl (C=O) groups excluding carboxylic acids is 2. The molecule has 4 heteroatoms. The molecule has 12 heavy (non-hydrogen) atoms. The molecule has 1 aliphatic heterocycles. The Labute approximate surface area is 71.7 Å². The van der Waals surface area contributed by atoms with Crippen molar-refractivity contribution >= 4 is 11.8 Å². The molecule has 1 fully saturated rings. The van der Waals surface area contributed by atoms with Crippen molar-refractivity contribution in [2.45, 2.75) is 32.2 Å². The van der Waals surface area contributed by atoms with Crippen LogP contribution in [0, 0.1) is 0 Å². The van der Waals surface area contributed by atoms with Crippen molar-refractivity contribution in [1.29, 1.82) is 0 Å². The van der Waals surface area contributed by atoms with E-state index in [4.69, 9.17) is 5.73 Å². The maximum Gasteiger partial charge on any atom is 0.229 e. The highest BCUT2D eigenvalue weighted by Gasteiger charge is 2.32. The lowest BCUT2D eigenvalue weighted by atomic mass is 10.2. The molecule has 1 aliphatic rings. The lowest BCUT2D eigenvalue weighted by molar-refractivity contribution is -0.140. The topological polar surface area (TPSA) is 63.4 Å². The van der Waals surface area contributed by atoms with Gasteiger partial charge in [-0.05, 0) is 19.9 Å². The van der Waals surface area contributed by atoms with Crippen LogP contribution in [-0.2, 0) is 9.59 Å². The molecule has 2 N–H and O–H groups in total. The van der Waals surface area contributed by atoms with Crippen LogP contribution in [0.1, 0.15) is 26.2 Å². The Morgan fingerprint density at radius 3 is 2.33 bits per heavy atom. The van der Waals surface area contributed by atoms with Gasteiger partial charge in [-0.15, -0.1) is 0 Å². The van der Waals surface area contributed by atoms with Crippen LogP contribution in [0.2, 0.25) is 0 Å². The number of nitrogens with two attached hydrogens (primary N) is 1. The fourth-order valence-corrected chi connectivity index (χ4v) is 1.46. The molecule has 1 heterocycles. The molecule has 1 rings (SSSR count). The van der Waals surface area contributed by atoms with Crippen molar-refractivity contribution in [2.75, 3.05) is 6.54 Å². The molecule has 4 nitrogen and oxygen atoms in total. The first kappa shape index (κ1) is 9.19. The van der Waals surface area contributed by atoms with Gasteiger partial charge in [-0.2, -0.15) is 0 Å². The molecule has 0 bridgehead atoms. The van der Waals surface area contributed by atoms with Gasteiger partial charge in [-0.25, -0.2) is 0 Å². The van der Waals surface area contributed by atoms with E-state index in [1.807, 2.05) is 6.92 Å². The third-order valence-electron chi connectivity index (χ3n) is 2.12. The Hall–Kier alpha value is -0.900. The Morgan fingerprint density at radius 2 is 1.92 bits per heavy atom. The Bertz CT molecular complexity index is 187. The van der Waals surface area contributed by atoms with Crippen molar-refractivity contribution in [3.8, 4) is 0 Å². The largest absolute Gasteiger partial charge is 0.330 e. The average molecular weight is 170 g/mol. The number of nitrogens with zero attached hydrogens (tertiary/aromatic N) is 1. The molecule has 0 aromatic carbocycles. The maximum atomic E-state index is 11.2. The molecular formula is C8H14N2O2. The monoisotopic (exact) mass is 170 g/mol. The van der Waals surface area contributed by atoms with E-state index in [-0.39, 0.29) is 17.9 Å². The molecule has 68 valence electrons. The first-order valence-electron chi connectivity index (χ1n) is 4.21. The maximum absolute atomic E-state index is 11.2. The van der Waals surface area contributed by atoms with Gasteiger partial charge in [-0.3, -0.25) is 14.5 Å². The first-order chi connectivity index (χ1) is 5.66. The zero-order valence-electron chi connectivity index (χ0n) is 7.25. The summed E-state index contributed by atoms with van der Waals surface area (Å²) in [6, 6.07) is -0.0301. The normalized spacial score (nSPS) is 20.3. The highest BCUT2D eigenvalue weighted by atomic mass is 16.2. The summed E-state index contributed by atoms with van der Waals surface area (Å²) in [4.78, 5) is 23.7. The van der Waals surface area contributed by atoms with Crippen LogP contribution in [0.3, 0.4) is 0 Å². The highest BCUT2D eigenvalue weighted by molar-refractivity contribution is 6.02. The van der Waals surface area contributed by atoms with E-state index >= 15 is 0 Å². The second kappa shape index (κ2) is 3.67. The van der Waals surface area contributed by atoms with E-state index < -0.39 is 0 Å². The summed E-state index contributed by atoms with van der Waals surface area (Å²) in [6.07, 6.45) is 1.43. The van der Waals surface area contributed by atoms with Crippen LogP contribution in [0.25, 0.3) is 0 Å². The predicted octanol–water partition coefficient (Wildman–Crippen LogP) is -0.127. The smallest absolute Gasteiger partial charge is 0.229 e. The summed E-state index contributed by atoms with van der Waals surface area (Å²) in [5, 5.41) is 0. The molecule has 0 aromatic heterocycles. The number of amides is 2. The SMILES string of the molecule is CC(CCN)N1C(=O)CCC1=O. The number of likely N-dealkylation sites (tertiary alicyclic amines) is 1. The summed E-state index contributed by atoms with van der Waals surface area (Å²) in [5.74, 6) is -0.109. The lowest BCUT2D eigenvalue weighted by Crippen LogP contribution is -2.38. The van der Waals surface area contributed by atoms with Crippen LogP contribution < -0.4 is 5.73 Å². The third-order valence-corrected chi connectivity index (χ3v) is 2.12. The van der Waals surface area contributed by atoms with Crippen LogP contribution in [-0.4, -0.2) is 29.3 Å². The molecule has 2 amide bonds. The highest BCUT2D eigenvalue weighted by Crippen LogP contribution is 2.16. The van der Waals surface area contributed by atoms with Gasteiger partial charge in [0, 0.05) is 18.9 Å². The van der Waals surface area contributed by atoms with Gasteiger partial charge in [0.05, 0.1) is 0 Å². The van der Waals surface area contributed by atoms with Crippen LogP contribution >= 0.6 is 0 Å². The summed E-state index contributed by atoms with van der Waals surface area (Å²) in [7, 11) is 0. The molecule has 0 spiro atoms. The summed E-state index contributed by atoms with van der Waals surface area (Å²) in [6.45, 7) is 2.37. The van der Waals surface area contributed by atoms with Crippen LogP contribution in [0.5, 0.6) is 0 Å². The molecule has 1 saturated heterocycles. The first-order valence-corrected chi connectivity index (χ1v) is 4.21. The minimum atomic E-state index is -0.0547. The minimum Gasteiger partial charge on any atom is -0.330 e. The zero-order valence-corrected chi connectivity index (χ0v) is 7.25. The van der Waals surface area contributed by atoms with Crippen molar-refractivity contribution in [3.05, 3.63) is 0 Å². The second-order valence-corrected chi connectivity index (χ2v) is 3.08. The Morgan fingerprint density at radius 1 is 1.42 bits per heavy atom. The molecule has 1 unspecified atom stereocenters. The quantitative estimate of drug-likeness (QED) is 0.600. The van der Waals surface area contributed by atoms with Gasteiger partial charge in [0.15, 0.2) is 0 Å². The van der Waals surface area contributed by atoms with Crippen LogP contribution in [0.15, 0.2) is 0 Å². The van der Waals surface area contributed by atoms with Gasteiger partial charge >= 0.3 is 0 Å². The summed E-state index contributed by atoms with van der Waals surface area (Å²) in [5.41, 5.74) is 5.34. The number of hydrogen-bond donors (Lipinski definition) is 1. The van der Waals surface area contributed by atoms with Crippen molar-refractivity contribution in [2.24, 2.45) is 5.73 Å². The van der Waals surface area contributed by atoms with E-state index in [9.17, 15) is 9.59 Å². The number of rotatable bonds is 3. The van der Waals surface area contributed by atoms with Gasteiger partial charge in [0.1, 0.15) is 0 Å². The van der Waals surface area contributed by atoms with Crippen molar-refractivity contribution in [1.82, 2.24) is 4.90 Å². The van der Waals surface area contributed by atoms with E-state index in [2.05, 4.69) is 0 Å². The number of carbonyl (C=O) groups is 2. The average Bonchev–Trinajstić information content (AvgIpc) is 2.32. The lowest BCUT2D eigenvalue weighted by Gasteiger charge is -2.21. The standard InChI is InChI=1S/C8H14N2O2/c1-6(4-5-9)10-7(11)2-3-8(10)12/h6H,2-5,9H2,1H3. The Balaban J connectivity index is 2.59. The molecule has 1 atom stereocenters. The van der Waals surface area contributed by atoms with Crippen molar-refractivity contribution in [3.63, 3.8) is 0 Å². The van der Waals surface area contributed by atoms with Gasteiger partial charge in [-0.1, -0.05) is 0 Å². The van der Waals surface area contributed by atoms with Crippen LogP contribution in [0.4, 0.5) is 0 Å². The molecule has 0 radical (unpaired) electrons. The summed E-state index contributed by atoms with van der Waals surface area (Å²) >= 11 is 0.